The Balaban J connectivity index is 1.87. The average molecular weight is 310 g/mol. The highest BCUT2D eigenvalue weighted by Crippen LogP contribution is 2.40. The Hall–Kier alpha value is -1.18. The van der Waals surface area contributed by atoms with E-state index >= 15 is 0 Å². The highest BCUT2D eigenvalue weighted by molar-refractivity contribution is 7.15. The van der Waals surface area contributed by atoms with Crippen LogP contribution >= 0.6 is 22.9 Å². The molecule has 7 heteroatoms. The number of nitrogens with zero attached hydrogens (tertiary/aromatic N) is 2. The number of nitrogens with two attached hydrogens (primary N) is 1. The van der Waals surface area contributed by atoms with Crippen LogP contribution in [0, 0.1) is 6.92 Å². The summed E-state index contributed by atoms with van der Waals surface area (Å²) in [7, 11) is 1.77. The van der Waals surface area contributed by atoms with Gasteiger partial charge in [-0.2, -0.15) is 4.37 Å². The van der Waals surface area contributed by atoms with Crippen molar-refractivity contribution in [2.75, 3.05) is 18.2 Å². The van der Waals surface area contributed by atoms with Gasteiger partial charge in [-0.15, -0.1) is 11.3 Å². The number of rotatable bonds is 4. The summed E-state index contributed by atoms with van der Waals surface area (Å²) in [5, 5.41) is 7.53. The van der Waals surface area contributed by atoms with Crippen LogP contribution in [0.2, 0.25) is 0 Å². The summed E-state index contributed by atoms with van der Waals surface area (Å²) in [6, 6.07) is 0.333. The Morgan fingerprint density at radius 2 is 2.30 bits per heavy atom. The fourth-order valence-electron chi connectivity index (χ4n) is 2.62. The monoisotopic (exact) mass is 310 g/mol. The van der Waals surface area contributed by atoms with Gasteiger partial charge < -0.3 is 15.8 Å². The minimum Gasteiger partial charge on any atom is -0.382 e. The molecule has 3 N–H and O–H groups in total. The Morgan fingerprint density at radius 3 is 3.00 bits per heavy atom. The lowest BCUT2D eigenvalue weighted by molar-refractivity contribution is 0.101. The number of anilines is 2. The van der Waals surface area contributed by atoms with Crippen LogP contribution in [-0.4, -0.2) is 28.6 Å². The summed E-state index contributed by atoms with van der Waals surface area (Å²) in [5.41, 5.74) is 7.97. The maximum Gasteiger partial charge on any atom is 0.149 e. The number of aryl methyl sites for hydroxylation is 1. The second-order valence-corrected chi connectivity index (χ2v) is 6.65. The van der Waals surface area contributed by atoms with Gasteiger partial charge in [0.25, 0.3) is 0 Å². The summed E-state index contributed by atoms with van der Waals surface area (Å²) in [5.74, 6) is 0.554. The average Bonchev–Trinajstić information content (AvgIpc) is 3.12. The van der Waals surface area contributed by atoms with Crippen molar-refractivity contribution in [3.8, 4) is 10.6 Å². The van der Waals surface area contributed by atoms with E-state index in [9.17, 15) is 0 Å². The topological polar surface area (TPSA) is 73.1 Å². The molecular formula is C13H18N4OS2. The molecule has 2 unspecified atom stereocenters. The van der Waals surface area contributed by atoms with E-state index in [1.807, 2.05) is 12.3 Å². The highest BCUT2D eigenvalue weighted by Gasteiger charge is 2.29. The molecule has 1 aliphatic rings. The number of thiazole rings is 1. The van der Waals surface area contributed by atoms with Crippen LogP contribution in [0.3, 0.4) is 0 Å². The fraction of sp³-hybridized carbons (Fsp3) is 0.538. The molecule has 2 aromatic rings. The third-order valence-corrected chi connectivity index (χ3v) is 5.39. The lowest BCUT2D eigenvalue weighted by Crippen LogP contribution is -2.29. The molecule has 1 fully saturated rings. The Labute approximate surface area is 126 Å². The van der Waals surface area contributed by atoms with Gasteiger partial charge in [0.15, 0.2) is 0 Å². The van der Waals surface area contributed by atoms with Gasteiger partial charge >= 0.3 is 0 Å². The summed E-state index contributed by atoms with van der Waals surface area (Å²) < 4.78 is 9.81. The van der Waals surface area contributed by atoms with Gasteiger partial charge in [-0.1, -0.05) is 0 Å². The molecule has 0 amide bonds. The zero-order valence-electron chi connectivity index (χ0n) is 11.5. The Bertz CT molecular complexity index is 595. The van der Waals surface area contributed by atoms with E-state index in [1.165, 1.54) is 18.0 Å². The summed E-state index contributed by atoms with van der Waals surface area (Å²) in [6.45, 7) is 1.99. The second-order valence-electron chi connectivity index (χ2n) is 5.02. The predicted molar refractivity (Wildman–Crippen MR) is 84.4 cm³/mol. The number of hydrogen-bond donors (Lipinski definition) is 2. The van der Waals surface area contributed by atoms with Crippen molar-refractivity contribution in [1.29, 1.82) is 0 Å². The molecular weight excluding hydrogens is 292 g/mol. The molecule has 5 nitrogen and oxygen atoms in total. The van der Waals surface area contributed by atoms with E-state index in [0.29, 0.717) is 11.9 Å². The molecule has 108 valence electrons. The maximum atomic E-state index is 6.02. The highest BCUT2D eigenvalue weighted by atomic mass is 32.1. The van der Waals surface area contributed by atoms with Crippen molar-refractivity contribution >= 4 is 33.7 Å². The fourth-order valence-corrected chi connectivity index (χ4v) is 4.32. The van der Waals surface area contributed by atoms with Crippen molar-refractivity contribution in [1.82, 2.24) is 9.36 Å². The van der Waals surface area contributed by atoms with E-state index in [-0.39, 0.29) is 6.10 Å². The number of ether oxygens (including phenoxy) is 1. The van der Waals surface area contributed by atoms with Crippen LogP contribution in [0.4, 0.5) is 10.8 Å². The summed E-state index contributed by atoms with van der Waals surface area (Å²) in [4.78, 5) is 4.52. The number of hydrogen-bond acceptors (Lipinski definition) is 7. The van der Waals surface area contributed by atoms with E-state index in [2.05, 4.69) is 14.7 Å². The zero-order valence-corrected chi connectivity index (χ0v) is 13.2. The quantitative estimate of drug-likeness (QED) is 0.907. The van der Waals surface area contributed by atoms with Crippen LogP contribution in [0.25, 0.3) is 10.6 Å². The van der Waals surface area contributed by atoms with Crippen molar-refractivity contribution in [2.24, 2.45) is 0 Å². The standard InChI is InChI=1S/C13H18N4OS2/c1-7-6-19-12(15-7)10-11(14)17-20-13(10)16-8-4-3-5-9(8)18-2/h6,8-9,16H,3-5H2,1-2H3,(H2,14,17). The van der Waals surface area contributed by atoms with E-state index in [0.717, 1.165) is 34.1 Å². The van der Waals surface area contributed by atoms with Gasteiger partial charge in [0.1, 0.15) is 15.8 Å². The summed E-state index contributed by atoms with van der Waals surface area (Å²) >= 11 is 3.01. The molecule has 3 rings (SSSR count). The third kappa shape index (κ3) is 2.53. The van der Waals surface area contributed by atoms with Gasteiger partial charge in [0.05, 0.1) is 17.7 Å². The van der Waals surface area contributed by atoms with E-state index < -0.39 is 0 Å². The van der Waals surface area contributed by atoms with Crippen LogP contribution in [0.15, 0.2) is 5.38 Å². The first-order valence-corrected chi connectivity index (χ1v) is 8.31. The van der Waals surface area contributed by atoms with Crippen LogP contribution in [0.1, 0.15) is 25.0 Å². The van der Waals surface area contributed by atoms with Gasteiger partial charge in [0, 0.05) is 18.2 Å². The normalized spacial score (nSPS) is 22.3. The zero-order chi connectivity index (χ0) is 14.1. The van der Waals surface area contributed by atoms with Crippen LogP contribution in [0.5, 0.6) is 0 Å². The van der Waals surface area contributed by atoms with Gasteiger partial charge in [-0.05, 0) is 37.7 Å². The minimum atomic E-state index is 0.268. The van der Waals surface area contributed by atoms with E-state index in [1.54, 1.807) is 18.4 Å². The lowest BCUT2D eigenvalue weighted by Gasteiger charge is -2.20. The van der Waals surface area contributed by atoms with Crippen LogP contribution in [-0.2, 0) is 4.74 Å². The van der Waals surface area contributed by atoms with E-state index in [4.69, 9.17) is 10.5 Å². The minimum absolute atomic E-state index is 0.268. The van der Waals surface area contributed by atoms with Crippen molar-refractivity contribution in [3.63, 3.8) is 0 Å². The van der Waals surface area contributed by atoms with Gasteiger partial charge in [0.2, 0.25) is 0 Å². The number of nitrogens with one attached hydrogen (secondary N) is 1. The molecule has 0 aromatic carbocycles. The maximum absolute atomic E-state index is 6.02. The van der Waals surface area contributed by atoms with Crippen molar-refractivity contribution in [3.05, 3.63) is 11.1 Å². The largest absolute Gasteiger partial charge is 0.382 e. The second kappa shape index (κ2) is 5.67. The first-order chi connectivity index (χ1) is 9.69. The lowest BCUT2D eigenvalue weighted by atomic mass is 10.2. The smallest absolute Gasteiger partial charge is 0.149 e. The number of aromatic nitrogens is 2. The molecule has 20 heavy (non-hydrogen) atoms. The predicted octanol–water partition coefficient (Wildman–Crippen LogP) is 3.14. The first kappa shape index (κ1) is 13.8. The molecule has 0 spiro atoms. The number of nitrogen functional groups attached to an aromatic ring is 1. The molecule has 2 aromatic heterocycles. The Kier molecular flexibility index (Phi) is 3.91. The Morgan fingerprint density at radius 1 is 1.45 bits per heavy atom. The summed E-state index contributed by atoms with van der Waals surface area (Å²) in [6.07, 6.45) is 3.68. The molecule has 0 bridgehead atoms. The molecule has 2 heterocycles. The molecule has 1 aliphatic carbocycles. The molecule has 0 aliphatic heterocycles. The number of methoxy groups -OCH3 is 1. The molecule has 0 saturated heterocycles. The SMILES string of the molecule is COC1CCCC1Nc1snc(N)c1-c1nc(C)cs1. The van der Waals surface area contributed by atoms with Gasteiger partial charge in [-0.25, -0.2) is 4.98 Å². The molecule has 2 atom stereocenters. The van der Waals surface area contributed by atoms with Gasteiger partial charge in [-0.3, -0.25) is 0 Å². The van der Waals surface area contributed by atoms with Crippen molar-refractivity contribution < 1.29 is 4.74 Å². The third-order valence-electron chi connectivity index (χ3n) is 3.62. The first-order valence-electron chi connectivity index (χ1n) is 6.66. The molecule has 1 saturated carbocycles. The van der Waals surface area contributed by atoms with Crippen molar-refractivity contribution in [2.45, 2.75) is 38.3 Å². The van der Waals surface area contributed by atoms with Crippen LogP contribution < -0.4 is 11.1 Å². The molecule has 0 radical (unpaired) electrons.